The molecule has 0 radical (unpaired) electrons. The van der Waals surface area contributed by atoms with Crippen LogP contribution in [0.5, 0.6) is 0 Å². The number of hydrogen-bond acceptors (Lipinski definition) is 3. The molecule has 0 bridgehead atoms. The van der Waals surface area contributed by atoms with Crippen molar-refractivity contribution < 1.29 is 13.6 Å². The van der Waals surface area contributed by atoms with E-state index in [4.69, 9.17) is 0 Å². The van der Waals surface area contributed by atoms with Crippen LogP contribution in [0.1, 0.15) is 60.8 Å². The third-order valence-electron chi connectivity index (χ3n) is 4.24. The summed E-state index contributed by atoms with van der Waals surface area (Å²) in [5, 5.41) is 11.0. The monoisotopic (exact) mass is 337 g/mol. The van der Waals surface area contributed by atoms with E-state index in [0.29, 0.717) is 0 Å². The van der Waals surface area contributed by atoms with Gasteiger partial charge < -0.3 is 5.32 Å². The molecule has 0 aliphatic heterocycles. The Bertz CT molecular complexity index is 748. The van der Waals surface area contributed by atoms with Crippen LogP contribution in [-0.2, 0) is 18.4 Å². The number of halogens is 2. The molecule has 1 atom stereocenters. The lowest BCUT2D eigenvalue weighted by atomic mass is 10.1. The Morgan fingerprint density at radius 1 is 1.42 bits per heavy atom. The maximum Gasteiger partial charge on any atom is 0.282 e. The summed E-state index contributed by atoms with van der Waals surface area (Å²) >= 11 is 0. The first kappa shape index (κ1) is 16.6. The van der Waals surface area contributed by atoms with Gasteiger partial charge in [-0.1, -0.05) is 0 Å². The van der Waals surface area contributed by atoms with Crippen LogP contribution in [0.15, 0.2) is 12.3 Å². The highest BCUT2D eigenvalue weighted by molar-refractivity contribution is 5.76. The van der Waals surface area contributed by atoms with Gasteiger partial charge in [0.15, 0.2) is 0 Å². The molecule has 1 aliphatic carbocycles. The molecule has 2 aromatic heterocycles. The number of alkyl halides is 2. The molecule has 0 saturated heterocycles. The van der Waals surface area contributed by atoms with Gasteiger partial charge in [-0.25, -0.2) is 8.78 Å². The van der Waals surface area contributed by atoms with Gasteiger partial charge in [0.05, 0.1) is 11.7 Å². The summed E-state index contributed by atoms with van der Waals surface area (Å²) in [6.45, 7) is 3.70. The van der Waals surface area contributed by atoms with E-state index in [-0.39, 0.29) is 30.1 Å². The molecule has 6 nitrogen and oxygen atoms in total. The highest BCUT2D eigenvalue weighted by atomic mass is 19.3. The number of hydrogen-bond donors (Lipinski definition) is 1. The fourth-order valence-corrected chi connectivity index (χ4v) is 2.94. The zero-order chi connectivity index (χ0) is 17.4. The summed E-state index contributed by atoms with van der Waals surface area (Å²) in [5.74, 6) is -0.00707. The zero-order valence-corrected chi connectivity index (χ0v) is 14.0. The first-order valence-electron chi connectivity index (χ1n) is 8.00. The Balaban J connectivity index is 1.69. The number of nitrogens with one attached hydrogen (secondary N) is 1. The molecule has 24 heavy (non-hydrogen) atoms. The predicted octanol–water partition coefficient (Wildman–Crippen LogP) is 2.62. The van der Waals surface area contributed by atoms with Gasteiger partial charge in [0.25, 0.3) is 6.43 Å². The molecular weight excluding hydrogens is 316 g/mol. The minimum absolute atomic E-state index is 0.0534. The lowest BCUT2D eigenvalue weighted by Gasteiger charge is -2.14. The second-order valence-electron chi connectivity index (χ2n) is 6.36. The van der Waals surface area contributed by atoms with Gasteiger partial charge in [-0.15, -0.1) is 0 Å². The second-order valence-corrected chi connectivity index (χ2v) is 6.36. The molecule has 1 unspecified atom stereocenters. The average molecular weight is 337 g/mol. The lowest BCUT2D eigenvalue weighted by Crippen LogP contribution is -2.31. The lowest BCUT2D eigenvalue weighted by molar-refractivity contribution is -0.122. The smallest absolute Gasteiger partial charge is 0.282 e. The number of aromatic nitrogens is 4. The van der Waals surface area contributed by atoms with Gasteiger partial charge in [-0.2, -0.15) is 10.2 Å². The van der Waals surface area contributed by atoms with E-state index in [1.54, 1.807) is 4.68 Å². The standard InChI is InChI=1S/C16H21F2N5O/c1-9(12-7-22(3)20-10(12)2)19-15(24)8-23-14(11-4-5-11)6-13(21-23)16(17)18/h6-7,9,11,16H,4-5,8H2,1-3H3,(H,19,24). The van der Waals surface area contributed by atoms with E-state index in [9.17, 15) is 13.6 Å². The van der Waals surface area contributed by atoms with Gasteiger partial charge in [0.2, 0.25) is 5.91 Å². The van der Waals surface area contributed by atoms with E-state index in [0.717, 1.165) is 29.8 Å². The summed E-state index contributed by atoms with van der Waals surface area (Å²) in [6, 6.07) is 1.21. The molecule has 3 rings (SSSR count). The van der Waals surface area contributed by atoms with Crippen LogP contribution < -0.4 is 5.32 Å². The number of rotatable bonds is 6. The van der Waals surface area contributed by atoms with Crippen LogP contribution >= 0.6 is 0 Å². The fourth-order valence-electron chi connectivity index (χ4n) is 2.94. The second kappa shape index (κ2) is 6.33. The molecule has 1 aliphatic rings. The minimum atomic E-state index is -2.62. The molecule has 8 heteroatoms. The quantitative estimate of drug-likeness (QED) is 0.881. The van der Waals surface area contributed by atoms with Crippen LogP contribution in [0.4, 0.5) is 8.78 Å². The highest BCUT2D eigenvalue weighted by Crippen LogP contribution is 2.41. The summed E-state index contributed by atoms with van der Waals surface area (Å²) in [5.41, 5.74) is 2.25. The minimum Gasteiger partial charge on any atom is -0.348 e. The molecule has 130 valence electrons. The number of aryl methyl sites for hydroxylation is 2. The number of nitrogens with zero attached hydrogens (tertiary/aromatic N) is 4. The van der Waals surface area contributed by atoms with E-state index >= 15 is 0 Å². The summed E-state index contributed by atoms with van der Waals surface area (Å²) in [6.07, 6.45) is 1.16. The maximum atomic E-state index is 12.9. The molecule has 1 saturated carbocycles. The van der Waals surface area contributed by atoms with Crippen molar-refractivity contribution in [3.05, 3.63) is 34.9 Å². The van der Waals surface area contributed by atoms with Crippen LogP contribution in [0.2, 0.25) is 0 Å². The Morgan fingerprint density at radius 2 is 2.12 bits per heavy atom. The summed E-state index contributed by atoms with van der Waals surface area (Å²) in [4.78, 5) is 12.3. The van der Waals surface area contributed by atoms with Gasteiger partial charge in [0, 0.05) is 30.4 Å². The fraction of sp³-hybridized carbons (Fsp3) is 0.562. The Labute approximate surface area is 138 Å². The van der Waals surface area contributed by atoms with E-state index in [1.165, 1.54) is 10.7 Å². The van der Waals surface area contributed by atoms with Crippen LogP contribution in [0.3, 0.4) is 0 Å². The van der Waals surface area contributed by atoms with E-state index in [2.05, 4.69) is 15.5 Å². The maximum absolute atomic E-state index is 12.9. The predicted molar refractivity (Wildman–Crippen MR) is 83.7 cm³/mol. The Morgan fingerprint density at radius 3 is 2.67 bits per heavy atom. The van der Waals surface area contributed by atoms with Crippen molar-refractivity contribution in [2.75, 3.05) is 0 Å². The van der Waals surface area contributed by atoms with Crippen molar-refractivity contribution in [2.24, 2.45) is 7.05 Å². The Hall–Kier alpha value is -2.25. The van der Waals surface area contributed by atoms with Crippen LogP contribution in [-0.4, -0.2) is 25.5 Å². The molecule has 1 N–H and O–H groups in total. The van der Waals surface area contributed by atoms with Crippen molar-refractivity contribution in [1.29, 1.82) is 0 Å². The van der Waals surface area contributed by atoms with Gasteiger partial charge in [0.1, 0.15) is 12.2 Å². The van der Waals surface area contributed by atoms with E-state index in [1.807, 2.05) is 27.1 Å². The normalized spacial score (nSPS) is 15.8. The third-order valence-corrected chi connectivity index (χ3v) is 4.24. The molecular formula is C16H21F2N5O. The van der Waals surface area contributed by atoms with Gasteiger partial charge in [-0.05, 0) is 32.8 Å². The van der Waals surface area contributed by atoms with Crippen LogP contribution in [0.25, 0.3) is 0 Å². The molecule has 1 fully saturated rings. The molecule has 0 spiro atoms. The highest BCUT2D eigenvalue weighted by Gasteiger charge is 2.30. The topological polar surface area (TPSA) is 64.7 Å². The van der Waals surface area contributed by atoms with Crippen LogP contribution in [0, 0.1) is 6.92 Å². The van der Waals surface area contributed by atoms with Crippen molar-refractivity contribution in [2.45, 2.75) is 51.6 Å². The molecule has 0 aromatic carbocycles. The molecule has 2 aromatic rings. The zero-order valence-electron chi connectivity index (χ0n) is 14.0. The number of carbonyl (C=O) groups is 1. The van der Waals surface area contributed by atoms with E-state index < -0.39 is 6.43 Å². The SMILES string of the molecule is Cc1nn(C)cc1C(C)NC(=O)Cn1nc(C(F)F)cc1C1CC1. The first-order chi connectivity index (χ1) is 11.3. The largest absolute Gasteiger partial charge is 0.348 e. The molecule has 1 amide bonds. The number of carbonyl (C=O) groups excluding carboxylic acids is 1. The Kier molecular flexibility index (Phi) is 4.38. The van der Waals surface area contributed by atoms with Crippen molar-refractivity contribution >= 4 is 5.91 Å². The first-order valence-corrected chi connectivity index (χ1v) is 8.00. The van der Waals surface area contributed by atoms with Crippen molar-refractivity contribution in [3.8, 4) is 0 Å². The summed E-state index contributed by atoms with van der Waals surface area (Å²) in [7, 11) is 1.82. The van der Waals surface area contributed by atoms with Gasteiger partial charge >= 0.3 is 0 Å². The summed E-state index contributed by atoms with van der Waals surface area (Å²) < 4.78 is 28.9. The number of amides is 1. The van der Waals surface area contributed by atoms with Crippen molar-refractivity contribution in [3.63, 3.8) is 0 Å². The third kappa shape index (κ3) is 3.47. The average Bonchev–Trinajstić information content (AvgIpc) is 3.16. The van der Waals surface area contributed by atoms with Crippen molar-refractivity contribution in [1.82, 2.24) is 24.9 Å². The van der Waals surface area contributed by atoms with Gasteiger partial charge in [-0.3, -0.25) is 14.2 Å². The molecule has 2 heterocycles.